The lowest BCUT2D eigenvalue weighted by atomic mass is 9.93. The van der Waals surface area contributed by atoms with Crippen LogP contribution in [0.5, 0.6) is 11.5 Å². The minimum Gasteiger partial charge on any atom is -0.506 e. The predicted molar refractivity (Wildman–Crippen MR) is 121 cm³/mol. The topological polar surface area (TPSA) is 89.7 Å². The number of fused-ring (bicyclic) bond motifs is 1. The van der Waals surface area contributed by atoms with Crippen LogP contribution in [-0.4, -0.2) is 21.4 Å². The number of nitro benzene ring substituents is 1. The Kier molecular flexibility index (Phi) is 6.39. The number of rotatable bonds is 7. The highest BCUT2D eigenvalue weighted by Crippen LogP contribution is 2.40. The van der Waals surface area contributed by atoms with E-state index in [0.29, 0.717) is 16.9 Å². The van der Waals surface area contributed by atoms with E-state index in [4.69, 9.17) is 4.74 Å². The Balaban J connectivity index is 1.76. The number of hydrogen-bond acceptors (Lipinski definition) is 5. The maximum absolute atomic E-state index is 12.6. The van der Waals surface area contributed by atoms with E-state index in [1.54, 1.807) is 36.4 Å². The van der Waals surface area contributed by atoms with Gasteiger partial charge in [0.05, 0.1) is 16.1 Å². The largest absolute Gasteiger partial charge is 0.506 e. The van der Waals surface area contributed by atoms with Gasteiger partial charge in [-0.2, -0.15) is 0 Å². The molecule has 1 unspecified atom stereocenters. The molecule has 6 heteroatoms. The van der Waals surface area contributed by atoms with E-state index in [0.717, 1.165) is 12.8 Å². The summed E-state index contributed by atoms with van der Waals surface area (Å²) in [7, 11) is 0. The lowest BCUT2D eigenvalue weighted by Gasteiger charge is -2.32. The molecule has 1 heterocycles. The van der Waals surface area contributed by atoms with Crippen molar-refractivity contribution in [2.75, 3.05) is 0 Å². The van der Waals surface area contributed by atoms with Gasteiger partial charge in [-0.05, 0) is 81.7 Å². The first-order valence-corrected chi connectivity index (χ1v) is 10.0. The van der Waals surface area contributed by atoms with Crippen LogP contribution < -0.4 is 4.74 Å². The summed E-state index contributed by atoms with van der Waals surface area (Å²) in [6, 6.07) is 9.11. The standard InChI is InChI=1S/C25H25NO5/c1-17(2)5-4-15-25(3)16-14-21-23(31-25)13-11-20(24(21)28)22(27)12-8-18-6-9-19(10-7-18)26(29)30/h5-14,16,28H,4,15H2,1-3H3/b12-8+. The quantitative estimate of drug-likeness (QED) is 0.192. The third-order valence-corrected chi connectivity index (χ3v) is 5.11. The van der Waals surface area contributed by atoms with E-state index in [1.165, 1.54) is 23.8 Å². The summed E-state index contributed by atoms with van der Waals surface area (Å²) in [5.74, 6) is 0.0398. The number of hydrogen-bond donors (Lipinski definition) is 1. The molecule has 160 valence electrons. The number of benzene rings is 2. The van der Waals surface area contributed by atoms with E-state index < -0.39 is 10.5 Å². The Morgan fingerprint density at radius 1 is 1.19 bits per heavy atom. The molecule has 0 radical (unpaired) electrons. The maximum Gasteiger partial charge on any atom is 0.269 e. The molecule has 0 aromatic heterocycles. The van der Waals surface area contributed by atoms with E-state index >= 15 is 0 Å². The molecule has 1 N–H and O–H groups in total. The zero-order chi connectivity index (χ0) is 22.6. The van der Waals surface area contributed by atoms with E-state index in [2.05, 4.69) is 19.9 Å². The van der Waals surface area contributed by atoms with E-state index in [9.17, 15) is 20.0 Å². The zero-order valence-corrected chi connectivity index (χ0v) is 17.8. The summed E-state index contributed by atoms with van der Waals surface area (Å²) in [4.78, 5) is 22.9. The van der Waals surface area contributed by atoms with Gasteiger partial charge in [-0.15, -0.1) is 0 Å². The van der Waals surface area contributed by atoms with Crippen molar-refractivity contribution in [1.82, 2.24) is 0 Å². The molecule has 0 fully saturated rings. The van der Waals surface area contributed by atoms with Crippen LogP contribution in [0.15, 0.2) is 60.2 Å². The molecular weight excluding hydrogens is 394 g/mol. The molecule has 31 heavy (non-hydrogen) atoms. The third kappa shape index (κ3) is 5.28. The first-order valence-electron chi connectivity index (χ1n) is 10.0. The third-order valence-electron chi connectivity index (χ3n) is 5.11. The number of nitrogens with zero attached hydrogens (tertiary/aromatic N) is 1. The first kappa shape index (κ1) is 22.0. The second-order valence-electron chi connectivity index (χ2n) is 7.99. The van der Waals surface area contributed by atoms with Gasteiger partial charge in [-0.1, -0.05) is 17.7 Å². The van der Waals surface area contributed by atoms with Crippen LogP contribution in [0.25, 0.3) is 12.2 Å². The van der Waals surface area contributed by atoms with Crippen LogP contribution in [0.3, 0.4) is 0 Å². The van der Waals surface area contributed by atoms with Gasteiger partial charge in [0.1, 0.15) is 17.1 Å². The minimum atomic E-state index is -0.480. The molecule has 3 rings (SSSR count). The number of aromatic hydroxyl groups is 1. The molecule has 6 nitrogen and oxygen atoms in total. The second-order valence-corrected chi connectivity index (χ2v) is 7.99. The van der Waals surface area contributed by atoms with Gasteiger partial charge in [0.2, 0.25) is 0 Å². The molecule has 1 aliphatic rings. The summed E-state index contributed by atoms with van der Waals surface area (Å²) in [5, 5.41) is 21.4. The molecule has 0 saturated carbocycles. The highest BCUT2D eigenvalue weighted by atomic mass is 16.6. The summed E-state index contributed by atoms with van der Waals surface area (Å²) >= 11 is 0. The fraction of sp³-hybridized carbons (Fsp3) is 0.240. The molecule has 1 aliphatic heterocycles. The molecule has 0 amide bonds. The molecule has 0 bridgehead atoms. The second kappa shape index (κ2) is 9.00. The zero-order valence-electron chi connectivity index (χ0n) is 17.8. The summed E-state index contributed by atoms with van der Waals surface area (Å²) < 4.78 is 6.12. The van der Waals surface area contributed by atoms with Gasteiger partial charge in [0, 0.05) is 12.1 Å². The van der Waals surface area contributed by atoms with Gasteiger partial charge in [0.15, 0.2) is 5.78 Å². The van der Waals surface area contributed by atoms with Crippen molar-refractivity contribution in [3.05, 3.63) is 87.0 Å². The molecule has 0 spiro atoms. The molecule has 1 atom stereocenters. The van der Waals surface area contributed by atoms with Crippen molar-refractivity contribution < 1.29 is 19.6 Å². The Labute approximate surface area is 181 Å². The van der Waals surface area contributed by atoms with Crippen LogP contribution in [0.1, 0.15) is 55.1 Å². The number of non-ortho nitro benzene ring substituents is 1. The average Bonchev–Trinajstić information content (AvgIpc) is 2.72. The highest BCUT2D eigenvalue weighted by Gasteiger charge is 2.29. The number of carbonyl (C=O) groups excluding carboxylic acids is 1. The molecule has 2 aromatic rings. The fourth-order valence-electron chi connectivity index (χ4n) is 3.33. The van der Waals surface area contributed by atoms with Crippen molar-refractivity contribution in [2.45, 2.75) is 39.2 Å². The molecular formula is C25H25NO5. The van der Waals surface area contributed by atoms with Crippen LogP contribution in [-0.2, 0) is 0 Å². The average molecular weight is 419 g/mol. The van der Waals surface area contributed by atoms with Gasteiger partial charge in [0.25, 0.3) is 5.69 Å². The first-order chi connectivity index (χ1) is 14.7. The lowest BCUT2D eigenvalue weighted by molar-refractivity contribution is -0.384. The van der Waals surface area contributed by atoms with Gasteiger partial charge in [-0.25, -0.2) is 0 Å². The Hall–Kier alpha value is -3.67. The number of nitro groups is 1. The van der Waals surface area contributed by atoms with E-state index in [-0.39, 0.29) is 22.8 Å². The van der Waals surface area contributed by atoms with Gasteiger partial charge >= 0.3 is 0 Å². The van der Waals surface area contributed by atoms with Crippen molar-refractivity contribution in [3.63, 3.8) is 0 Å². The van der Waals surface area contributed by atoms with Crippen LogP contribution >= 0.6 is 0 Å². The number of allylic oxidation sites excluding steroid dienone is 3. The smallest absolute Gasteiger partial charge is 0.269 e. The van der Waals surface area contributed by atoms with Crippen LogP contribution in [0.2, 0.25) is 0 Å². The number of phenols is 1. The maximum atomic E-state index is 12.6. The molecule has 0 saturated heterocycles. The number of carbonyl (C=O) groups is 1. The van der Waals surface area contributed by atoms with Crippen molar-refractivity contribution in [1.29, 1.82) is 0 Å². The summed E-state index contributed by atoms with van der Waals surface area (Å²) in [6.45, 7) is 6.11. The van der Waals surface area contributed by atoms with Crippen LogP contribution in [0, 0.1) is 10.1 Å². The monoisotopic (exact) mass is 419 g/mol. The Morgan fingerprint density at radius 2 is 1.90 bits per heavy atom. The highest BCUT2D eigenvalue weighted by molar-refractivity contribution is 6.09. The predicted octanol–water partition coefficient (Wildman–Crippen LogP) is 6.11. The normalized spacial score (nSPS) is 17.1. The fourth-order valence-corrected chi connectivity index (χ4v) is 3.33. The SMILES string of the molecule is CC(C)=CCCC1(C)C=Cc2c(ccc(C(=O)/C=C/c3ccc([N+](=O)[O-])cc3)c2O)O1. The van der Waals surface area contributed by atoms with E-state index in [1.807, 2.05) is 13.0 Å². The van der Waals surface area contributed by atoms with Gasteiger partial charge in [-0.3, -0.25) is 14.9 Å². The van der Waals surface area contributed by atoms with Gasteiger partial charge < -0.3 is 9.84 Å². The number of ether oxygens (including phenoxy) is 1. The molecule has 0 aliphatic carbocycles. The number of ketones is 1. The van der Waals surface area contributed by atoms with Crippen molar-refractivity contribution >= 4 is 23.6 Å². The summed E-state index contributed by atoms with van der Waals surface area (Å²) in [6.07, 6.45) is 10.4. The van der Waals surface area contributed by atoms with Crippen molar-refractivity contribution in [2.24, 2.45) is 0 Å². The Morgan fingerprint density at radius 3 is 2.55 bits per heavy atom. The molecule has 2 aromatic carbocycles. The Bertz CT molecular complexity index is 1090. The number of phenolic OH excluding ortho intramolecular Hbond substituents is 1. The lowest BCUT2D eigenvalue weighted by Crippen LogP contribution is -2.31. The van der Waals surface area contributed by atoms with Crippen LogP contribution in [0.4, 0.5) is 5.69 Å². The van der Waals surface area contributed by atoms with Crippen molar-refractivity contribution in [3.8, 4) is 11.5 Å². The summed E-state index contributed by atoms with van der Waals surface area (Å²) in [5.41, 5.74) is 2.05. The minimum absolute atomic E-state index is 0.0181.